The summed E-state index contributed by atoms with van der Waals surface area (Å²) < 4.78 is 6.06. The van der Waals surface area contributed by atoms with Crippen LogP contribution in [0.1, 0.15) is 11.4 Å². The SMILES string of the molecule is NOOSc1ccc(CCN(CC(=O)O)Cc2nccn2CC(=O)O)cc1. The monoisotopic (exact) mass is 396 g/mol. The predicted octanol–water partition coefficient (Wildman–Crippen LogP) is 0.926. The zero-order valence-electron chi connectivity index (χ0n) is 14.4. The molecule has 0 amide bonds. The van der Waals surface area contributed by atoms with Gasteiger partial charge in [0.25, 0.3) is 0 Å². The predicted molar refractivity (Wildman–Crippen MR) is 95.1 cm³/mol. The average Bonchev–Trinajstić information content (AvgIpc) is 3.04. The molecule has 1 aromatic heterocycles. The van der Waals surface area contributed by atoms with Gasteiger partial charge < -0.3 is 14.8 Å². The van der Waals surface area contributed by atoms with Crippen LogP contribution in [0.3, 0.4) is 0 Å². The van der Waals surface area contributed by atoms with Gasteiger partial charge in [0.15, 0.2) is 0 Å². The smallest absolute Gasteiger partial charge is 0.323 e. The van der Waals surface area contributed by atoms with Crippen LogP contribution < -0.4 is 5.90 Å². The molecule has 27 heavy (non-hydrogen) atoms. The number of aliphatic carboxylic acids is 2. The Bertz CT molecular complexity index is 752. The highest BCUT2D eigenvalue weighted by molar-refractivity contribution is 7.94. The number of nitrogens with zero attached hydrogens (tertiary/aromatic N) is 3. The molecule has 0 aliphatic rings. The Morgan fingerprint density at radius 2 is 1.96 bits per heavy atom. The van der Waals surface area contributed by atoms with E-state index in [0.29, 0.717) is 18.8 Å². The lowest BCUT2D eigenvalue weighted by molar-refractivity contribution is -0.195. The number of benzene rings is 1. The minimum Gasteiger partial charge on any atom is -0.480 e. The Balaban J connectivity index is 1.97. The summed E-state index contributed by atoms with van der Waals surface area (Å²) in [6.45, 7) is 0.322. The van der Waals surface area contributed by atoms with E-state index in [4.69, 9.17) is 16.1 Å². The van der Waals surface area contributed by atoms with Crippen LogP contribution in [0.5, 0.6) is 0 Å². The zero-order chi connectivity index (χ0) is 19.6. The molecule has 0 spiro atoms. The van der Waals surface area contributed by atoms with Crippen LogP contribution in [0.15, 0.2) is 41.6 Å². The van der Waals surface area contributed by atoms with Gasteiger partial charge in [0.05, 0.1) is 25.1 Å². The van der Waals surface area contributed by atoms with E-state index >= 15 is 0 Å². The Morgan fingerprint density at radius 3 is 2.59 bits per heavy atom. The molecule has 0 radical (unpaired) electrons. The number of nitrogens with two attached hydrogens (primary N) is 1. The summed E-state index contributed by atoms with van der Waals surface area (Å²) in [7, 11) is 0. The Hall–Kier alpha value is -2.44. The molecule has 0 aliphatic heterocycles. The fourth-order valence-corrected chi connectivity index (χ4v) is 2.81. The summed E-state index contributed by atoms with van der Waals surface area (Å²) in [6.07, 6.45) is 3.68. The van der Waals surface area contributed by atoms with Crippen LogP contribution in [0.4, 0.5) is 0 Å². The molecule has 4 N–H and O–H groups in total. The molecule has 2 aromatic rings. The first-order chi connectivity index (χ1) is 13.0. The lowest BCUT2D eigenvalue weighted by atomic mass is 10.1. The van der Waals surface area contributed by atoms with Crippen molar-refractivity contribution in [2.24, 2.45) is 5.90 Å². The Labute approximate surface area is 159 Å². The average molecular weight is 396 g/mol. The summed E-state index contributed by atoms with van der Waals surface area (Å²) in [5.41, 5.74) is 1.01. The lowest BCUT2D eigenvalue weighted by Gasteiger charge is -2.20. The molecule has 2 rings (SSSR count). The maximum atomic E-state index is 11.2. The third-order valence-electron chi connectivity index (χ3n) is 3.64. The van der Waals surface area contributed by atoms with E-state index in [-0.39, 0.29) is 19.6 Å². The van der Waals surface area contributed by atoms with Crippen molar-refractivity contribution in [1.82, 2.24) is 14.5 Å². The van der Waals surface area contributed by atoms with Crippen molar-refractivity contribution in [3.8, 4) is 0 Å². The van der Waals surface area contributed by atoms with E-state index in [1.54, 1.807) is 11.1 Å². The van der Waals surface area contributed by atoms with Crippen molar-refractivity contribution < 1.29 is 29.1 Å². The van der Waals surface area contributed by atoms with Gasteiger partial charge >= 0.3 is 11.9 Å². The molecule has 1 heterocycles. The van der Waals surface area contributed by atoms with Gasteiger partial charge in [0.1, 0.15) is 12.4 Å². The minimum absolute atomic E-state index is 0.171. The van der Waals surface area contributed by atoms with Crippen LogP contribution in [0.2, 0.25) is 0 Å². The van der Waals surface area contributed by atoms with Gasteiger partial charge in [-0.2, -0.15) is 5.90 Å². The van der Waals surface area contributed by atoms with Crippen LogP contribution in [0.25, 0.3) is 0 Å². The van der Waals surface area contributed by atoms with E-state index in [9.17, 15) is 9.59 Å². The van der Waals surface area contributed by atoms with E-state index < -0.39 is 11.9 Å². The number of hydrogen-bond donors (Lipinski definition) is 3. The fraction of sp³-hybridized carbons (Fsp3) is 0.312. The fourth-order valence-electron chi connectivity index (χ4n) is 2.44. The maximum absolute atomic E-state index is 11.2. The van der Waals surface area contributed by atoms with E-state index in [1.165, 1.54) is 10.8 Å². The number of aromatic nitrogens is 2. The number of hydrogen-bond acceptors (Lipinski definition) is 8. The molecular weight excluding hydrogens is 376 g/mol. The van der Waals surface area contributed by atoms with Crippen molar-refractivity contribution in [3.63, 3.8) is 0 Å². The van der Waals surface area contributed by atoms with Crippen molar-refractivity contribution in [1.29, 1.82) is 0 Å². The molecule has 0 fully saturated rings. The first-order valence-corrected chi connectivity index (χ1v) is 8.67. The standard InChI is InChI=1S/C16H20N4O6S/c17-25-26-27-13-3-1-12(2-4-13)5-7-19(10-15(21)22)9-14-18-6-8-20(14)11-16(23)24/h1-4,6,8H,5,7,9-11,17H2,(H,21,22)(H,23,24). The van der Waals surface area contributed by atoms with Crippen molar-refractivity contribution in [2.45, 2.75) is 24.4 Å². The molecule has 146 valence electrons. The van der Waals surface area contributed by atoms with Gasteiger partial charge in [-0.15, -0.1) is 9.32 Å². The van der Waals surface area contributed by atoms with Crippen molar-refractivity contribution in [2.75, 3.05) is 13.1 Å². The van der Waals surface area contributed by atoms with Crippen LogP contribution in [0, 0.1) is 0 Å². The summed E-state index contributed by atoms with van der Waals surface area (Å²) in [4.78, 5) is 32.7. The molecule has 0 saturated heterocycles. The molecule has 0 unspecified atom stereocenters. The highest BCUT2D eigenvalue weighted by Gasteiger charge is 2.15. The van der Waals surface area contributed by atoms with Crippen molar-refractivity contribution in [3.05, 3.63) is 48.0 Å². The molecule has 0 atom stereocenters. The largest absolute Gasteiger partial charge is 0.480 e. The minimum atomic E-state index is -0.985. The highest BCUT2D eigenvalue weighted by atomic mass is 32.2. The second-order valence-electron chi connectivity index (χ2n) is 5.61. The number of carboxylic acids is 2. The molecular formula is C16H20N4O6S. The zero-order valence-corrected chi connectivity index (χ0v) is 15.2. The summed E-state index contributed by atoms with van der Waals surface area (Å²) in [5.74, 6) is 3.34. The number of carboxylic acid groups (broad SMARTS) is 2. The van der Waals surface area contributed by atoms with E-state index in [2.05, 4.69) is 14.3 Å². The molecule has 10 nitrogen and oxygen atoms in total. The van der Waals surface area contributed by atoms with Gasteiger partial charge in [0.2, 0.25) is 0 Å². The summed E-state index contributed by atoms with van der Waals surface area (Å²) >= 11 is 0.977. The van der Waals surface area contributed by atoms with Gasteiger partial charge in [-0.05, 0) is 24.1 Å². The highest BCUT2D eigenvalue weighted by Crippen LogP contribution is 2.19. The Kier molecular flexibility index (Phi) is 8.23. The summed E-state index contributed by atoms with van der Waals surface area (Å²) in [6, 6.07) is 7.46. The quantitative estimate of drug-likeness (QED) is 0.269. The third kappa shape index (κ3) is 7.37. The van der Waals surface area contributed by atoms with Gasteiger partial charge in [-0.1, -0.05) is 12.1 Å². The molecule has 1 aromatic carbocycles. The van der Waals surface area contributed by atoms with E-state index in [0.717, 1.165) is 22.5 Å². The third-order valence-corrected chi connectivity index (χ3v) is 4.25. The number of carbonyl (C=O) groups is 2. The second kappa shape index (κ2) is 10.6. The van der Waals surface area contributed by atoms with Crippen LogP contribution in [-0.4, -0.2) is 49.7 Å². The number of rotatable bonds is 12. The van der Waals surface area contributed by atoms with Gasteiger partial charge in [0, 0.05) is 23.8 Å². The maximum Gasteiger partial charge on any atom is 0.323 e. The molecule has 0 aliphatic carbocycles. The first-order valence-electron chi connectivity index (χ1n) is 7.93. The van der Waals surface area contributed by atoms with Gasteiger partial charge in [-0.25, -0.2) is 4.98 Å². The molecule has 11 heteroatoms. The molecule has 0 bridgehead atoms. The second-order valence-corrected chi connectivity index (χ2v) is 6.39. The lowest BCUT2D eigenvalue weighted by Crippen LogP contribution is -2.32. The van der Waals surface area contributed by atoms with Crippen molar-refractivity contribution >= 4 is 24.0 Å². The number of imidazole rings is 1. The van der Waals surface area contributed by atoms with Crippen LogP contribution in [-0.2, 0) is 38.4 Å². The van der Waals surface area contributed by atoms with E-state index in [1.807, 2.05) is 24.3 Å². The molecule has 0 saturated carbocycles. The normalized spacial score (nSPS) is 11.0. The first kappa shape index (κ1) is 20.9. The van der Waals surface area contributed by atoms with Gasteiger partial charge in [-0.3, -0.25) is 14.5 Å². The van der Waals surface area contributed by atoms with Crippen LogP contribution >= 0.6 is 12.0 Å². The Morgan fingerprint density at radius 1 is 1.22 bits per heavy atom. The topological polar surface area (TPSA) is 140 Å². The summed E-state index contributed by atoms with van der Waals surface area (Å²) in [5, 5.41) is 18.1.